The van der Waals surface area contributed by atoms with Crippen molar-refractivity contribution in [3.8, 4) is 5.88 Å². The Morgan fingerprint density at radius 3 is 2.92 bits per heavy atom. The molecule has 0 amide bonds. The topological polar surface area (TPSA) is 61.0 Å². The number of ether oxygens (including phenoxy) is 1. The lowest BCUT2D eigenvalue weighted by Crippen LogP contribution is -2.43. The largest absolute Gasteiger partial charge is 0.473 e. The molecule has 0 atom stereocenters. The van der Waals surface area contributed by atoms with Crippen LogP contribution in [0.5, 0.6) is 5.88 Å². The number of hydrogen-bond donors (Lipinski definition) is 1. The van der Waals surface area contributed by atoms with E-state index < -0.39 is 0 Å². The molecule has 0 unspecified atom stereocenters. The summed E-state index contributed by atoms with van der Waals surface area (Å²) in [5.74, 6) is 0.608. The lowest BCUT2D eigenvalue weighted by molar-refractivity contribution is 0.0946. The third-order valence-electron chi connectivity index (χ3n) is 2.19. The predicted octanol–water partition coefficient (Wildman–Crippen LogP) is 0.654. The molecule has 13 heavy (non-hydrogen) atoms. The van der Waals surface area contributed by atoms with Crippen molar-refractivity contribution >= 4 is 0 Å². The minimum absolute atomic E-state index is 0.242. The summed E-state index contributed by atoms with van der Waals surface area (Å²) < 4.78 is 5.55. The second-order valence-corrected chi connectivity index (χ2v) is 3.54. The van der Waals surface area contributed by atoms with Crippen molar-refractivity contribution in [1.82, 2.24) is 10.2 Å². The van der Waals surface area contributed by atoms with Crippen LogP contribution in [0.4, 0.5) is 0 Å². The minimum Gasteiger partial charge on any atom is -0.473 e. The molecule has 1 aliphatic carbocycles. The highest BCUT2D eigenvalue weighted by Crippen LogP contribution is 2.22. The van der Waals surface area contributed by atoms with Gasteiger partial charge >= 0.3 is 0 Å². The Hall–Kier alpha value is -1.16. The fourth-order valence-corrected chi connectivity index (χ4v) is 1.37. The van der Waals surface area contributed by atoms with E-state index in [2.05, 4.69) is 10.2 Å². The summed E-state index contributed by atoms with van der Waals surface area (Å²) in [5, 5.41) is 7.68. The van der Waals surface area contributed by atoms with Crippen LogP contribution < -0.4 is 10.5 Å². The van der Waals surface area contributed by atoms with Gasteiger partial charge in [-0.3, -0.25) is 0 Å². The van der Waals surface area contributed by atoms with Crippen LogP contribution >= 0.6 is 0 Å². The maximum absolute atomic E-state index is 5.64. The van der Waals surface area contributed by atoms with Gasteiger partial charge in [-0.2, -0.15) is 5.10 Å². The zero-order valence-corrected chi connectivity index (χ0v) is 7.60. The SMILES string of the molecule is Cc1cnnc(OC2CC(N)C2)c1. The Morgan fingerprint density at radius 1 is 1.54 bits per heavy atom. The van der Waals surface area contributed by atoms with E-state index >= 15 is 0 Å². The first-order valence-corrected chi connectivity index (χ1v) is 4.45. The van der Waals surface area contributed by atoms with Crippen LogP contribution in [0.1, 0.15) is 18.4 Å². The number of aryl methyl sites for hydroxylation is 1. The number of nitrogens with zero attached hydrogens (tertiary/aromatic N) is 2. The molecule has 1 aliphatic rings. The van der Waals surface area contributed by atoms with Gasteiger partial charge in [-0.1, -0.05) is 0 Å². The second-order valence-electron chi connectivity index (χ2n) is 3.54. The molecule has 1 fully saturated rings. The fraction of sp³-hybridized carbons (Fsp3) is 0.556. The molecule has 1 aromatic rings. The molecule has 0 aliphatic heterocycles. The Kier molecular flexibility index (Phi) is 2.14. The summed E-state index contributed by atoms with van der Waals surface area (Å²) in [6.45, 7) is 1.97. The van der Waals surface area contributed by atoms with Crippen molar-refractivity contribution in [1.29, 1.82) is 0 Å². The molecular formula is C9H13N3O. The van der Waals surface area contributed by atoms with Crippen molar-refractivity contribution in [3.63, 3.8) is 0 Å². The number of nitrogens with two attached hydrogens (primary N) is 1. The van der Waals surface area contributed by atoms with Crippen LogP contribution in [0.15, 0.2) is 12.3 Å². The van der Waals surface area contributed by atoms with Crippen LogP contribution in [0.2, 0.25) is 0 Å². The minimum atomic E-state index is 0.242. The molecule has 2 N–H and O–H groups in total. The zero-order chi connectivity index (χ0) is 9.26. The summed E-state index contributed by atoms with van der Waals surface area (Å²) in [7, 11) is 0. The van der Waals surface area contributed by atoms with Crippen LogP contribution in [0, 0.1) is 6.92 Å². The summed E-state index contributed by atoms with van der Waals surface area (Å²) in [6, 6.07) is 2.19. The molecule has 0 aromatic carbocycles. The zero-order valence-electron chi connectivity index (χ0n) is 7.60. The molecule has 1 heterocycles. The van der Waals surface area contributed by atoms with E-state index in [1.807, 2.05) is 13.0 Å². The van der Waals surface area contributed by atoms with E-state index in [0.717, 1.165) is 18.4 Å². The molecule has 1 saturated carbocycles. The average molecular weight is 179 g/mol. The smallest absolute Gasteiger partial charge is 0.233 e. The molecule has 0 spiro atoms. The first kappa shape index (κ1) is 8.44. The van der Waals surface area contributed by atoms with Gasteiger partial charge in [-0.25, -0.2) is 0 Å². The van der Waals surface area contributed by atoms with Gasteiger partial charge in [0.25, 0.3) is 0 Å². The Labute approximate surface area is 77.1 Å². The Bertz CT molecular complexity index is 297. The quantitative estimate of drug-likeness (QED) is 0.724. The standard InChI is InChI=1S/C9H13N3O/c1-6-2-9(12-11-5-6)13-8-3-7(10)4-8/h2,5,7-8H,3-4,10H2,1H3. The van der Waals surface area contributed by atoms with Crippen LogP contribution in [0.25, 0.3) is 0 Å². The fourth-order valence-electron chi connectivity index (χ4n) is 1.37. The highest BCUT2D eigenvalue weighted by atomic mass is 16.5. The van der Waals surface area contributed by atoms with E-state index in [-0.39, 0.29) is 6.10 Å². The van der Waals surface area contributed by atoms with Crippen molar-refractivity contribution < 1.29 is 4.74 Å². The van der Waals surface area contributed by atoms with E-state index in [0.29, 0.717) is 11.9 Å². The van der Waals surface area contributed by atoms with Gasteiger partial charge in [0.15, 0.2) is 0 Å². The van der Waals surface area contributed by atoms with Crippen LogP contribution in [0.3, 0.4) is 0 Å². The molecule has 1 aromatic heterocycles. The van der Waals surface area contributed by atoms with E-state index in [1.165, 1.54) is 0 Å². The summed E-state index contributed by atoms with van der Waals surface area (Å²) in [6.07, 6.45) is 3.80. The van der Waals surface area contributed by atoms with E-state index in [9.17, 15) is 0 Å². The first-order valence-electron chi connectivity index (χ1n) is 4.45. The molecule has 70 valence electrons. The van der Waals surface area contributed by atoms with Gasteiger partial charge in [-0.05, 0) is 25.3 Å². The first-order chi connectivity index (χ1) is 6.24. The number of hydrogen-bond acceptors (Lipinski definition) is 4. The van der Waals surface area contributed by atoms with Gasteiger partial charge in [0.1, 0.15) is 6.10 Å². The van der Waals surface area contributed by atoms with E-state index in [4.69, 9.17) is 10.5 Å². The summed E-state index contributed by atoms with van der Waals surface area (Å²) >= 11 is 0. The normalized spacial score (nSPS) is 26.6. The highest BCUT2D eigenvalue weighted by molar-refractivity contribution is 5.15. The van der Waals surface area contributed by atoms with Crippen molar-refractivity contribution in [2.24, 2.45) is 5.73 Å². The maximum Gasteiger partial charge on any atom is 0.233 e. The van der Waals surface area contributed by atoms with Gasteiger partial charge in [0.2, 0.25) is 5.88 Å². The monoisotopic (exact) mass is 179 g/mol. The predicted molar refractivity (Wildman–Crippen MR) is 48.4 cm³/mol. The Balaban J connectivity index is 1.94. The summed E-state index contributed by atoms with van der Waals surface area (Å²) in [5.41, 5.74) is 6.70. The van der Waals surface area contributed by atoms with Crippen LogP contribution in [-0.2, 0) is 0 Å². The molecule has 0 saturated heterocycles. The summed E-state index contributed by atoms with van der Waals surface area (Å²) in [4.78, 5) is 0. The maximum atomic E-state index is 5.64. The van der Waals surface area contributed by atoms with Gasteiger partial charge < -0.3 is 10.5 Å². The third-order valence-corrected chi connectivity index (χ3v) is 2.19. The molecule has 0 bridgehead atoms. The molecule has 0 radical (unpaired) electrons. The molecule has 4 heteroatoms. The van der Waals surface area contributed by atoms with Crippen LogP contribution in [-0.4, -0.2) is 22.3 Å². The third kappa shape index (κ3) is 1.95. The average Bonchev–Trinajstić information content (AvgIpc) is 2.01. The highest BCUT2D eigenvalue weighted by Gasteiger charge is 2.27. The van der Waals surface area contributed by atoms with Crippen molar-refractivity contribution in [3.05, 3.63) is 17.8 Å². The van der Waals surface area contributed by atoms with Gasteiger partial charge in [-0.15, -0.1) is 5.10 Å². The lowest BCUT2D eigenvalue weighted by Gasteiger charge is -2.31. The van der Waals surface area contributed by atoms with Gasteiger partial charge in [0.05, 0.1) is 6.20 Å². The molecular weight excluding hydrogens is 166 g/mol. The van der Waals surface area contributed by atoms with Crippen molar-refractivity contribution in [2.75, 3.05) is 0 Å². The number of rotatable bonds is 2. The molecule has 4 nitrogen and oxygen atoms in total. The van der Waals surface area contributed by atoms with Gasteiger partial charge in [0, 0.05) is 12.1 Å². The van der Waals surface area contributed by atoms with Crippen molar-refractivity contribution in [2.45, 2.75) is 31.9 Å². The molecule has 2 rings (SSSR count). The second kappa shape index (κ2) is 3.30. The number of aromatic nitrogens is 2. The Morgan fingerprint density at radius 2 is 2.31 bits per heavy atom. The lowest BCUT2D eigenvalue weighted by atomic mass is 9.90. The van der Waals surface area contributed by atoms with E-state index in [1.54, 1.807) is 6.20 Å².